The van der Waals surface area contributed by atoms with Crippen molar-refractivity contribution in [3.63, 3.8) is 0 Å². The van der Waals surface area contributed by atoms with Crippen LogP contribution in [0.1, 0.15) is 12.8 Å². The van der Waals surface area contributed by atoms with Crippen LogP contribution in [0.25, 0.3) is 0 Å². The summed E-state index contributed by atoms with van der Waals surface area (Å²) < 4.78 is 0. The zero-order chi connectivity index (χ0) is 11.8. The third-order valence-corrected chi connectivity index (χ3v) is 3.83. The number of nitrogens with zero attached hydrogens (tertiary/aromatic N) is 2. The van der Waals surface area contributed by atoms with Crippen molar-refractivity contribution < 1.29 is 0 Å². The maximum atomic E-state index is 6.10. The Morgan fingerprint density at radius 3 is 2.76 bits per heavy atom. The lowest BCUT2D eigenvalue weighted by atomic mass is 10.0. The summed E-state index contributed by atoms with van der Waals surface area (Å²) in [6.07, 6.45) is 2.38. The van der Waals surface area contributed by atoms with E-state index in [0.29, 0.717) is 6.04 Å². The molecule has 1 radical (unpaired) electrons. The van der Waals surface area contributed by atoms with Crippen LogP contribution in [0.4, 0.5) is 11.4 Å². The van der Waals surface area contributed by atoms with Gasteiger partial charge in [0, 0.05) is 18.1 Å². The number of benzene rings is 1. The minimum atomic E-state index is 0.596. The van der Waals surface area contributed by atoms with E-state index in [2.05, 4.69) is 41.0 Å². The van der Waals surface area contributed by atoms with Gasteiger partial charge in [-0.05, 0) is 44.1 Å². The third-order valence-electron chi connectivity index (χ3n) is 3.60. The Morgan fingerprint density at radius 1 is 1.24 bits per heavy atom. The van der Waals surface area contributed by atoms with Gasteiger partial charge in [0.1, 0.15) is 6.67 Å². The van der Waals surface area contributed by atoms with Crippen molar-refractivity contribution in [2.45, 2.75) is 18.9 Å². The molecule has 2 heterocycles. The second-order valence-electron chi connectivity index (χ2n) is 4.75. The first kappa shape index (κ1) is 11.2. The predicted molar refractivity (Wildman–Crippen MR) is 72.5 cm³/mol. The molecule has 0 aromatic heterocycles. The molecular formula is C13H17ClN3. The van der Waals surface area contributed by atoms with Crippen molar-refractivity contribution in [1.82, 2.24) is 5.32 Å². The van der Waals surface area contributed by atoms with Crippen molar-refractivity contribution in [3.05, 3.63) is 29.9 Å². The average Bonchev–Trinajstić information content (AvgIpc) is 2.67. The summed E-state index contributed by atoms with van der Waals surface area (Å²) >= 11 is 6.10. The van der Waals surface area contributed by atoms with Gasteiger partial charge >= 0.3 is 0 Å². The molecule has 0 bridgehead atoms. The van der Waals surface area contributed by atoms with Crippen molar-refractivity contribution in [3.8, 4) is 0 Å². The van der Waals surface area contributed by atoms with Gasteiger partial charge in [-0.3, -0.25) is 0 Å². The predicted octanol–water partition coefficient (Wildman–Crippen LogP) is 2.47. The van der Waals surface area contributed by atoms with Crippen LogP contribution in [0, 0.1) is 6.67 Å². The van der Waals surface area contributed by atoms with E-state index in [1.807, 2.05) is 6.07 Å². The fourth-order valence-corrected chi connectivity index (χ4v) is 2.85. The number of anilines is 2. The van der Waals surface area contributed by atoms with Gasteiger partial charge in [-0.2, -0.15) is 0 Å². The molecule has 0 aliphatic carbocycles. The number of nitrogens with one attached hydrogen (secondary N) is 1. The van der Waals surface area contributed by atoms with Gasteiger partial charge in [0.05, 0.1) is 11.4 Å². The standard InChI is InChI=1S/C13H17ClN3/c1-16-9-17(11-4-6-15-7-5-11)13-8-10(14)2-3-12(13)16/h2-3,8-9,11,15H,4-7H2,1H3. The van der Waals surface area contributed by atoms with Crippen molar-refractivity contribution in [1.29, 1.82) is 0 Å². The molecule has 2 aliphatic rings. The molecule has 2 aliphatic heterocycles. The van der Waals surface area contributed by atoms with Crippen LogP contribution in [0.5, 0.6) is 0 Å². The molecule has 1 N–H and O–H groups in total. The highest BCUT2D eigenvalue weighted by Crippen LogP contribution is 2.41. The highest BCUT2D eigenvalue weighted by molar-refractivity contribution is 6.31. The molecule has 0 atom stereocenters. The van der Waals surface area contributed by atoms with Crippen molar-refractivity contribution >= 4 is 23.0 Å². The summed E-state index contributed by atoms with van der Waals surface area (Å²) in [5.41, 5.74) is 2.49. The second kappa shape index (κ2) is 4.39. The molecule has 3 rings (SSSR count). The van der Waals surface area contributed by atoms with Crippen molar-refractivity contribution in [2.75, 3.05) is 29.9 Å². The van der Waals surface area contributed by atoms with Gasteiger partial charge in [0.25, 0.3) is 0 Å². The van der Waals surface area contributed by atoms with Gasteiger partial charge in [0.15, 0.2) is 0 Å². The summed E-state index contributed by atoms with van der Waals surface area (Å²) in [5, 5.41) is 4.22. The average molecular weight is 251 g/mol. The zero-order valence-electron chi connectivity index (χ0n) is 9.99. The van der Waals surface area contributed by atoms with Crippen molar-refractivity contribution in [2.24, 2.45) is 0 Å². The van der Waals surface area contributed by atoms with E-state index >= 15 is 0 Å². The number of halogens is 1. The molecule has 0 spiro atoms. The highest BCUT2D eigenvalue weighted by Gasteiger charge is 2.30. The van der Waals surface area contributed by atoms with Crippen LogP contribution in [0.2, 0.25) is 5.02 Å². The van der Waals surface area contributed by atoms with E-state index in [9.17, 15) is 0 Å². The van der Waals surface area contributed by atoms with E-state index < -0.39 is 0 Å². The van der Waals surface area contributed by atoms with Crippen LogP contribution in [0.3, 0.4) is 0 Å². The molecule has 1 fully saturated rings. The third kappa shape index (κ3) is 1.98. The number of fused-ring (bicyclic) bond motifs is 1. The summed E-state index contributed by atoms with van der Waals surface area (Å²) in [6, 6.07) is 6.71. The molecule has 4 heteroatoms. The minimum Gasteiger partial charge on any atom is -0.349 e. The van der Waals surface area contributed by atoms with Gasteiger partial charge in [-0.1, -0.05) is 11.6 Å². The first-order valence-electron chi connectivity index (χ1n) is 6.12. The molecule has 0 unspecified atom stereocenters. The first-order chi connectivity index (χ1) is 8.25. The van der Waals surface area contributed by atoms with Crippen LogP contribution < -0.4 is 15.1 Å². The lowest BCUT2D eigenvalue weighted by molar-refractivity contribution is 0.445. The molecule has 1 aromatic rings. The second-order valence-corrected chi connectivity index (χ2v) is 5.18. The number of hydrogen-bond donors (Lipinski definition) is 1. The van der Waals surface area contributed by atoms with E-state index in [-0.39, 0.29) is 0 Å². The monoisotopic (exact) mass is 250 g/mol. The fraction of sp³-hybridized carbons (Fsp3) is 0.462. The maximum absolute atomic E-state index is 6.10. The van der Waals surface area contributed by atoms with Crippen LogP contribution >= 0.6 is 11.6 Å². The molecule has 3 nitrogen and oxygen atoms in total. The Balaban J connectivity index is 1.91. The van der Waals surface area contributed by atoms with E-state index in [4.69, 9.17) is 11.6 Å². The Morgan fingerprint density at radius 2 is 2.00 bits per heavy atom. The topological polar surface area (TPSA) is 18.5 Å². The lowest BCUT2D eigenvalue weighted by Gasteiger charge is -2.32. The van der Waals surface area contributed by atoms with Crippen LogP contribution in [0.15, 0.2) is 18.2 Å². The maximum Gasteiger partial charge on any atom is 0.142 e. The van der Waals surface area contributed by atoms with Gasteiger partial charge in [0.2, 0.25) is 0 Å². The Labute approximate surface area is 107 Å². The Kier molecular flexibility index (Phi) is 2.89. The quantitative estimate of drug-likeness (QED) is 0.826. The summed E-state index contributed by atoms with van der Waals surface area (Å²) in [5.74, 6) is 0. The van der Waals surface area contributed by atoms with Gasteiger partial charge in [-0.25, -0.2) is 0 Å². The SMILES string of the molecule is CN1[CH]N(C2CCNCC2)c2cc(Cl)ccc21. The van der Waals surface area contributed by atoms with Gasteiger partial charge < -0.3 is 15.1 Å². The molecule has 1 aromatic carbocycles. The first-order valence-corrected chi connectivity index (χ1v) is 6.50. The molecule has 17 heavy (non-hydrogen) atoms. The van der Waals surface area contributed by atoms with Crippen LogP contribution in [-0.2, 0) is 0 Å². The number of piperidine rings is 1. The van der Waals surface area contributed by atoms with Crippen LogP contribution in [-0.4, -0.2) is 26.2 Å². The fourth-order valence-electron chi connectivity index (χ4n) is 2.69. The summed E-state index contributed by atoms with van der Waals surface area (Å²) in [7, 11) is 2.09. The summed E-state index contributed by atoms with van der Waals surface area (Å²) in [4.78, 5) is 4.55. The highest BCUT2D eigenvalue weighted by atomic mass is 35.5. The minimum absolute atomic E-state index is 0.596. The molecule has 0 saturated carbocycles. The number of rotatable bonds is 1. The number of hydrogen-bond acceptors (Lipinski definition) is 3. The molecular weight excluding hydrogens is 234 g/mol. The molecule has 91 valence electrons. The van der Waals surface area contributed by atoms with Gasteiger partial charge in [-0.15, -0.1) is 0 Å². The lowest BCUT2D eigenvalue weighted by Crippen LogP contribution is -2.42. The van der Waals surface area contributed by atoms with E-state index in [0.717, 1.165) is 18.1 Å². The molecule has 0 amide bonds. The zero-order valence-corrected chi connectivity index (χ0v) is 10.7. The van der Waals surface area contributed by atoms with E-state index in [1.165, 1.54) is 24.2 Å². The van der Waals surface area contributed by atoms with E-state index in [1.54, 1.807) is 0 Å². The Hall–Kier alpha value is -0.930. The molecule has 1 saturated heterocycles. The Bertz CT molecular complexity index is 415. The normalized spacial score (nSPS) is 20.8. The smallest absolute Gasteiger partial charge is 0.142 e. The largest absolute Gasteiger partial charge is 0.349 e. The summed E-state index contributed by atoms with van der Waals surface area (Å²) in [6.45, 7) is 4.40.